The van der Waals surface area contributed by atoms with Gasteiger partial charge in [-0.2, -0.15) is 0 Å². The molecule has 0 bridgehead atoms. The Labute approximate surface area is 114 Å². The van der Waals surface area contributed by atoms with E-state index in [1.54, 1.807) is 4.90 Å². The van der Waals surface area contributed by atoms with Crippen LogP contribution in [0.3, 0.4) is 0 Å². The Kier molecular flexibility index (Phi) is 3.74. The predicted octanol–water partition coefficient (Wildman–Crippen LogP) is 3.43. The molecule has 0 atom stereocenters. The molecule has 1 heterocycles. The van der Waals surface area contributed by atoms with Crippen molar-refractivity contribution in [3.05, 3.63) is 29.8 Å². The third-order valence-electron chi connectivity index (χ3n) is 3.99. The van der Waals surface area contributed by atoms with Crippen molar-refractivity contribution in [3.8, 4) is 0 Å². The molecule has 0 radical (unpaired) electrons. The number of rotatable bonds is 2. The number of carbonyl (C=O) groups is 2. The quantitative estimate of drug-likeness (QED) is 0.816. The summed E-state index contributed by atoms with van der Waals surface area (Å²) in [6.45, 7) is 6.58. The van der Waals surface area contributed by atoms with Crippen LogP contribution in [-0.4, -0.2) is 18.2 Å². The zero-order valence-corrected chi connectivity index (χ0v) is 11.9. The van der Waals surface area contributed by atoms with Crippen LogP contribution in [-0.2, 0) is 4.79 Å². The van der Waals surface area contributed by atoms with Crippen molar-refractivity contribution < 1.29 is 9.59 Å². The molecular weight excluding hydrogens is 238 g/mol. The molecule has 3 heteroatoms. The Morgan fingerprint density at radius 3 is 2.68 bits per heavy atom. The highest BCUT2D eigenvalue weighted by molar-refractivity contribution is 6.07. The van der Waals surface area contributed by atoms with E-state index in [2.05, 4.69) is 0 Å². The van der Waals surface area contributed by atoms with Crippen LogP contribution in [0, 0.1) is 5.41 Å². The fourth-order valence-electron chi connectivity index (χ4n) is 2.33. The Bertz CT molecular complexity index is 505. The summed E-state index contributed by atoms with van der Waals surface area (Å²) < 4.78 is 0. The molecule has 0 aromatic heterocycles. The number of amides is 1. The summed E-state index contributed by atoms with van der Waals surface area (Å²) >= 11 is 0. The normalized spacial score (nSPS) is 15.9. The van der Waals surface area contributed by atoms with E-state index in [1.165, 1.54) is 0 Å². The number of benzene rings is 1. The summed E-state index contributed by atoms with van der Waals surface area (Å²) in [7, 11) is 0. The Balaban J connectivity index is 2.44. The van der Waals surface area contributed by atoms with Gasteiger partial charge in [0.05, 0.1) is 5.69 Å². The van der Waals surface area contributed by atoms with Crippen LogP contribution in [0.1, 0.15) is 50.4 Å². The second kappa shape index (κ2) is 5.16. The molecule has 1 aliphatic rings. The molecule has 3 nitrogen and oxygen atoms in total. The standard InChI is InChI=1S/C16H21NO2/c1-4-16(2,3)15(19)17-11-7-10-14(18)12-8-5-6-9-13(12)17/h5-6,8-9H,4,7,10-11H2,1-3H3. The zero-order chi connectivity index (χ0) is 14.0. The highest BCUT2D eigenvalue weighted by atomic mass is 16.2. The van der Waals surface area contributed by atoms with E-state index in [1.807, 2.05) is 45.0 Å². The van der Waals surface area contributed by atoms with Crippen LogP contribution >= 0.6 is 0 Å². The molecule has 0 N–H and O–H groups in total. The molecule has 1 aromatic carbocycles. The van der Waals surface area contributed by atoms with E-state index >= 15 is 0 Å². The van der Waals surface area contributed by atoms with E-state index in [-0.39, 0.29) is 17.1 Å². The average Bonchev–Trinajstić information content (AvgIpc) is 2.58. The summed E-state index contributed by atoms with van der Waals surface area (Å²) in [5.41, 5.74) is 1.07. The fourth-order valence-corrected chi connectivity index (χ4v) is 2.33. The van der Waals surface area contributed by atoms with Gasteiger partial charge in [0, 0.05) is 23.9 Å². The van der Waals surface area contributed by atoms with E-state index in [0.29, 0.717) is 18.5 Å². The van der Waals surface area contributed by atoms with Gasteiger partial charge in [0.1, 0.15) is 0 Å². The van der Waals surface area contributed by atoms with Crippen molar-refractivity contribution in [2.24, 2.45) is 5.41 Å². The number of nitrogens with zero attached hydrogens (tertiary/aromatic N) is 1. The number of hydrogen-bond donors (Lipinski definition) is 0. The molecule has 1 amide bonds. The summed E-state index contributed by atoms with van der Waals surface area (Å²) in [6, 6.07) is 7.44. The van der Waals surface area contributed by atoms with Gasteiger partial charge in [0.2, 0.25) is 5.91 Å². The monoisotopic (exact) mass is 259 g/mol. The molecule has 0 spiro atoms. The fraction of sp³-hybridized carbons (Fsp3) is 0.500. The number of anilines is 1. The lowest BCUT2D eigenvalue weighted by atomic mass is 9.88. The summed E-state index contributed by atoms with van der Waals surface area (Å²) in [4.78, 5) is 26.5. The second-order valence-corrected chi connectivity index (χ2v) is 5.74. The lowest BCUT2D eigenvalue weighted by Crippen LogP contribution is -2.41. The molecule has 102 valence electrons. The first kappa shape index (κ1) is 13.8. The Hall–Kier alpha value is -1.64. The molecule has 2 rings (SSSR count). The van der Waals surface area contributed by atoms with Gasteiger partial charge in [-0.25, -0.2) is 0 Å². The highest BCUT2D eigenvalue weighted by Gasteiger charge is 2.33. The number of fused-ring (bicyclic) bond motifs is 1. The molecule has 0 saturated carbocycles. The number of hydrogen-bond acceptors (Lipinski definition) is 2. The van der Waals surface area contributed by atoms with Crippen LogP contribution < -0.4 is 4.90 Å². The van der Waals surface area contributed by atoms with E-state index in [0.717, 1.165) is 18.5 Å². The minimum atomic E-state index is -0.388. The minimum Gasteiger partial charge on any atom is -0.311 e. The maximum absolute atomic E-state index is 12.7. The van der Waals surface area contributed by atoms with Gasteiger partial charge in [0.25, 0.3) is 0 Å². The maximum atomic E-state index is 12.7. The summed E-state index contributed by atoms with van der Waals surface area (Å²) in [6.07, 6.45) is 2.05. The predicted molar refractivity (Wildman–Crippen MR) is 76.4 cm³/mol. The Morgan fingerprint density at radius 2 is 2.00 bits per heavy atom. The molecule has 0 fully saturated rings. The summed E-state index contributed by atoms with van der Waals surface area (Å²) in [5, 5.41) is 0. The first-order valence-corrected chi connectivity index (χ1v) is 6.91. The molecule has 19 heavy (non-hydrogen) atoms. The zero-order valence-electron chi connectivity index (χ0n) is 11.9. The number of carbonyl (C=O) groups excluding carboxylic acids is 2. The number of ketones is 1. The second-order valence-electron chi connectivity index (χ2n) is 5.74. The average molecular weight is 259 g/mol. The molecule has 0 aliphatic carbocycles. The number of para-hydroxylation sites is 1. The third-order valence-corrected chi connectivity index (χ3v) is 3.99. The largest absolute Gasteiger partial charge is 0.311 e. The molecule has 1 aromatic rings. The van der Waals surface area contributed by atoms with Crippen molar-refractivity contribution in [2.75, 3.05) is 11.4 Å². The SMILES string of the molecule is CCC(C)(C)C(=O)N1CCCC(=O)c2ccccc21. The van der Waals surface area contributed by atoms with Crippen molar-refractivity contribution in [1.29, 1.82) is 0 Å². The topological polar surface area (TPSA) is 37.4 Å². The van der Waals surface area contributed by atoms with Crippen molar-refractivity contribution >= 4 is 17.4 Å². The lowest BCUT2D eigenvalue weighted by Gasteiger charge is -2.31. The van der Waals surface area contributed by atoms with Crippen LogP contribution in [0.25, 0.3) is 0 Å². The van der Waals surface area contributed by atoms with Crippen LogP contribution in [0.4, 0.5) is 5.69 Å². The minimum absolute atomic E-state index is 0.108. The highest BCUT2D eigenvalue weighted by Crippen LogP contribution is 2.31. The first-order chi connectivity index (χ1) is 8.97. The van der Waals surface area contributed by atoms with Crippen LogP contribution in [0.15, 0.2) is 24.3 Å². The van der Waals surface area contributed by atoms with E-state index < -0.39 is 0 Å². The van der Waals surface area contributed by atoms with E-state index in [4.69, 9.17) is 0 Å². The molecular formula is C16H21NO2. The maximum Gasteiger partial charge on any atom is 0.232 e. The van der Waals surface area contributed by atoms with Gasteiger partial charge in [-0.3, -0.25) is 9.59 Å². The molecule has 0 unspecified atom stereocenters. The lowest BCUT2D eigenvalue weighted by molar-refractivity contribution is -0.126. The van der Waals surface area contributed by atoms with Crippen molar-refractivity contribution in [1.82, 2.24) is 0 Å². The van der Waals surface area contributed by atoms with Gasteiger partial charge in [0.15, 0.2) is 5.78 Å². The van der Waals surface area contributed by atoms with Crippen LogP contribution in [0.2, 0.25) is 0 Å². The summed E-state index contributed by atoms with van der Waals surface area (Å²) in [5.74, 6) is 0.248. The van der Waals surface area contributed by atoms with Gasteiger partial charge < -0.3 is 4.90 Å². The van der Waals surface area contributed by atoms with Gasteiger partial charge >= 0.3 is 0 Å². The number of Topliss-reactive ketones (excluding diaryl/α,β-unsaturated/α-hetero) is 1. The molecule has 1 aliphatic heterocycles. The van der Waals surface area contributed by atoms with Gasteiger partial charge in [-0.15, -0.1) is 0 Å². The van der Waals surface area contributed by atoms with Crippen LogP contribution in [0.5, 0.6) is 0 Å². The first-order valence-electron chi connectivity index (χ1n) is 6.91. The van der Waals surface area contributed by atoms with Crippen molar-refractivity contribution in [3.63, 3.8) is 0 Å². The third kappa shape index (κ3) is 2.55. The molecule has 0 saturated heterocycles. The van der Waals surface area contributed by atoms with Crippen molar-refractivity contribution in [2.45, 2.75) is 40.0 Å². The van der Waals surface area contributed by atoms with E-state index in [9.17, 15) is 9.59 Å². The smallest absolute Gasteiger partial charge is 0.232 e. The Morgan fingerprint density at radius 1 is 1.32 bits per heavy atom. The van der Waals surface area contributed by atoms with Gasteiger partial charge in [-0.05, 0) is 25.0 Å². The van der Waals surface area contributed by atoms with Gasteiger partial charge in [-0.1, -0.05) is 32.9 Å².